The second-order valence-electron chi connectivity index (χ2n) is 2.64. The summed E-state index contributed by atoms with van der Waals surface area (Å²) in [5.74, 6) is -0.925. The molecule has 1 rings (SSSR count). The fraction of sp³-hybridized carbons (Fsp3) is 0.250. The van der Waals surface area contributed by atoms with Crippen LogP contribution in [-0.4, -0.2) is 18.3 Å². The van der Waals surface area contributed by atoms with Gasteiger partial charge < -0.3 is 4.74 Å². The average molecular weight is 222 g/mol. The van der Waals surface area contributed by atoms with Crippen molar-refractivity contribution in [2.75, 3.05) is 7.11 Å². The van der Waals surface area contributed by atoms with Crippen LogP contribution in [0.15, 0.2) is 18.3 Å². The van der Waals surface area contributed by atoms with Gasteiger partial charge in [0.05, 0.1) is 7.11 Å². The van der Waals surface area contributed by atoms with Gasteiger partial charge in [-0.2, -0.15) is 13.2 Å². The van der Waals surface area contributed by atoms with Crippen LogP contribution in [0.25, 0.3) is 0 Å². The fourth-order valence-electron chi connectivity index (χ4n) is 0.923. The van der Waals surface area contributed by atoms with Crippen LogP contribution in [0.1, 0.15) is 16.1 Å². The third-order valence-electron chi connectivity index (χ3n) is 1.65. The van der Waals surface area contributed by atoms with E-state index in [0.717, 1.165) is 13.2 Å². The minimum atomic E-state index is -4.57. The molecule has 0 aromatic carbocycles. The molecule has 1 aromatic heterocycles. The third kappa shape index (κ3) is 2.36. The predicted octanol–water partition coefficient (Wildman–Crippen LogP) is 1.02. The Hall–Kier alpha value is -1.79. The zero-order chi connectivity index (χ0) is 11.6. The van der Waals surface area contributed by atoms with Crippen LogP contribution in [0.3, 0.4) is 0 Å². The van der Waals surface area contributed by atoms with E-state index in [2.05, 4.69) is 4.74 Å². The molecule has 0 bridgehead atoms. The molecule has 0 saturated carbocycles. The molecule has 0 radical (unpaired) electrons. The van der Waals surface area contributed by atoms with Crippen LogP contribution in [0.5, 0.6) is 0 Å². The van der Waals surface area contributed by atoms with Crippen molar-refractivity contribution >= 4 is 5.97 Å². The molecule has 1 N–H and O–H groups in total. The number of esters is 1. The summed E-state index contributed by atoms with van der Waals surface area (Å²) in [5, 5.41) is 9.07. The van der Waals surface area contributed by atoms with Gasteiger partial charge in [-0.05, 0) is 6.07 Å². The number of halogens is 3. The quantitative estimate of drug-likeness (QED) is 0.438. The number of methoxy groups -OCH3 is 1. The summed E-state index contributed by atoms with van der Waals surface area (Å²) in [6.45, 7) is 0. The Morgan fingerprint density at radius 3 is 2.47 bits per heavy atom. The molecule has 0 saturated heterocycles. The minimum absolute atomic E-state index is 0.0780. The second kappa shape index (κ2) is 3.76. The maximum Gasteiger partial charge on any atom is 0.422 e. The zero-order valence-corrected chi connectivity index (χ0v) is 7.58. The van der Waals surface area contributed by atoms with E-state index in [1.54, 1.807) is 0 Å². The molecule has 0 amide bonds. The molecular formula is C8H7F3NO3+. The summed E-state index contributed by atoms with van der Waals surface area (Å²) in [6, 6.07) is 1.51. The van der Waals surface area contributed by atoms with Gasteiger partial charge in [0.1, 0.15) is 5.56 Å². The lowest BCUT2D eigenvalue weighted by Crippen LogP contribution is -2.39. The van der Waals surface area contributed by atoms with E-state index in [4.69, 9.17) is 5.21 Å². The highest BCUT2D eigenvalue weighted by molar-refractivity contribution is 5.85. The van der Waals surface area contributed by atoms with Gasteiger partial charge in [-0.15, -0.1) is 0 Å². The van der Waals surface area contributed by atoms with Crippen molar-refractivity contribution in [3.05, 3.63) is 29.6 Å². The van der Waals surface area contributed by atoms with E-state index < -0.39 is 17.7 Å². The van der Waals surface area contributed by atoms with Crippen LogP contribution in [0, 0.1) is 0 Å². The molecule has 82 valence electrons. The minimum Gasteiger partial charge on any atom is -0.461 e. The van der Waals surface area contributed by atoms with Crippen LogP contribution < -0.4 is 4.73 Å². The molecule has 0 atom stereocenters. The SMILES string of the molecule is COC(=O)c1ccc(C(F)(F)F)c[n+]1O. The number of hydrogen-bond donors (Lipinski definition) is 1. The summed E-state index contributed by atoms with van der Waals surface area (Å²) in [4.78, 5) is 10.9. The van der Waals surface area contributed by atoms with Gasteiger partial charge in [0.2, 0.25) is 6.20 Å². The number of carbonyl (C=O) groups excluding carboxylic acids is 1. The number of aromatic nitrogens is 1. The van der Waals surface area contributed by atoms with Gasteiger partial charge in [-0.1, -0.05) is 0 Å². The van der Waals surface area contributed by atoms with Gasteiger partial charge in [0.15, 0.2) is 0 Å². The highest BCUT2D eigenvalue weighted by atomic mass is 19.4. The molecule has 0 unspecified atom stereocenters. The first kappa shape index (κ1) is 11.3. The van der Waals surface area contributed by atoms with Crippen molar-refractivity contribution in [3.63, 3.8) is 0 Å². The van der Waals surface area contributed by atoms with Gasteiger partial charge in [-0.3, -0.25) is 5.21 Å². The Labute approximate surface area is 82.5 Å². The molecule has 1 aromatic rings. The van der Waals surface area contributed by atoms with Crippen molar-refractivity contribution in [3.8, 4) is 0 Å². The first-order chi connectivity index (χ1) is 6.86. The van der Waals surface area contributed by atoms with Crippen molar-refractivity contribution in [2.24, 2.45) is 0 Å². The highest BCUT2D eigenvalue weighted by Gasteiger charge is 2.35. The number of ether oxygens (including phenoxy) is 1. The van der Waals surface area contributed by atoms with Crippen LogP contribution in [0.4, 0.5) is 13.2 Å². The monoisotopic (exact) mass is 222 g/mol. The van der Waals surface area contributed by atoms with Gasteiger partial charge in [0.25, 0.3) is 0 Å². The molecule has 0 fully saturated rings. The number of alkyl halides is 3. The molecule has 4 nitrogen and oxygen atoms in total. The molecule has 0 aliphatic heterocycles. The Morgan fingerprint density at radius 2 is 2.07 bits per heavy atom. The molecule has 7 heteroatoms. The summed E-state index contributed by atoms with van der Waals surface area (Å²) in [6.07, 6.45) is -4.18. The molecule has 15 heavy (non-hydrogen) atoms. The van der Waals surface area contributed by atoms with Gasteiger partial charge >= 0.3 is 17.8 Å². The molecule has 0 aliphatic carbocycles. The van der Waals surface area contributed by atoms with Crippen molar-refractivity contribution < 1.29 is 32.6 Å². The van der Waals surface area contributed by atoms with E-state index in [1.807, 2.05) is 0 Å². The summed E-state index contributed by atoms with van der Waals surface area (Å²) < 4.78 is 40.7. The Balaban J connectivity index is 3.15. The molecule has 0 spiro atoms. The van der Waals surface area contributed by atoms with Gasteiger partial charge in [0, 0.05) is 10.8 Å². The van der Waals surface area contributed by atoms with E-state index >= 15 is 0 Å². The molecular weight excluding hydrogens is 215 g/mol. The normalized spacial score (nSPS) is 11.2. The first-order valence-electron chi connectivity index (χ1n) is 3.76. The summed E-state index contributed by atoms with van der Waals surface area (Å²) >= 11 is 0. The van der Waals surface area contributed by atoms with E-state index in [-0.39, 0.29) is 10.4 Å². The maximum atomic E-state index is 12.1. The number of rotatable bonds is 1. The second-order valence-corrected chi connectivity index (χ2v) is 2.64. The largest absolute Gasteiger partial charge is 0.461 e. The lowest BCUT2D eigenvalue weighted by Gasteiger charge is -2.03. The predicted molar refractivity (Wildman–Crippen MR) is 40.2 cm³/mol. The number of hydrogen-bond acceptors (Lipinski definition) is 3. The lowest BCUT2D eigenvalue weighted by atomic mass is 10.2. The van der Waals surface area contributed by atoms with Crippen molar-refractivity contribution in [2.45, 2.75) is 6.18 Å². The standard InChI is InChI=1S/C8H7F3NO3/c1-15-7(13)6-3-2-5(4-12(6)14)8(9,10)11/h2-4,14H,1H3/q+1. The summed E-state index contributed by atoms with van der Waals surface area (Å²) in [7, 11) is 1.06. The molecule has 0 aliphatic rings. The van der Waals surface area contributed by atoms with Crippen LogP contribution >= 0.6 is 0 Å². The lowest BCUT2D eigenvalue weighted by molar-refractivity contribution is -0.906. The van der Waals surface area contributed by atoms with Crippen molar-refractivity contribution in [1.82, 2.24) is 0 Å². The average Bonchev–Trinajstić information content (AvgIpc) is 2.15. The van der Waals surface area contributed by atoms with Gasteiger partial charge in [-0.25, -0.2) is 4.79 Å². The third-order valence-corrected chi connectivity index (χ3v) is 1.65. The fourth-order valence-corrected chi connectivity index (χ4v) is 0.923. The van der Waals surface area contributed by atoms with Crippen LogP contribution in [-0.2, 0) is 10.9 Å². The molecule has 1 heterocycles. The first-order valence-corrected chi connectivity index (χ1v) is 3.76. The topological polar surface area (TPSA) is 50.4 Å². The summed E-state index contributed by atoms with van der Waals surface area (Å²) in [5.41, 5.74) is -1.44. The number of nitrogens with zero attached hydrogens (tertiary/aromatic N) is 1. The Morgan fingerprint density at radius 1 is 1.47 bits per heavy atom. The smallest absolute Gasteiger partial charge is 0.422 e. The van der Waals surface area contributed by atoms with E-state index in [9.17, 15) is 18.0 Å². The Kier molecular flexibility index (Phi) is 2.83. The zero-order valence-electron chi connectivity index (χ0n) is 7.58. The number of pyridine rings is 1. The maximum absolute atomic E-state index is 12.1. The highest BCUT2D eigenvalue weighted by Crippen LogP contribution is 2.27. The Bertz CT molecular complexity index is 389. The van der Waals surface area contributed by atoms with Crippen LogP contribution in [0.2, 0.25) is 0 Å². The van der Waals surface area contributed by atoms with E-state index in [1.165, 1.54) is 0 Å². The number of carbonyl (C=O) groups is 1. The van der Waals surface area contributed by atoms with E-state index in [0.29, 0.717) is 12.3 Å². The van der Waals surface area contributed by atoms with Crippen molar-refractivity contribution in [1.29, 1.82) is 0 Å².